The molecule has 0 aromatic heterocycles. The van der Waals surface area contributed by atoms with Crippen LogP contribution < -0.4 is 5.73 Å². The zero-order valence-corrected chi connectivity index (χ0v) is 9.40. The summed E-state index contributed by atoms with van der Waals surface area (Å²) in [7, 11) is 0. The minimum absolute atomic E-state index is 0.117. The molecular weight excluding hydrogens is 209 g/mol. The third kappa shape index (κ3) is 2.58. The number of carboxylic acids is 1. The lowest BCUT2D eigenvalue weighted by molar-refractivity contribution is -0.138. The van der Waals surface area contributed by atoms with Crippen molar-refractivity contribution < 1.29 is 14.3 Å². The van der Waals surface area contributed by atoms with Crippen LogP contribution >= 0.6 is 0 Å². The van der Waals surface area contributed by atoms with Gasteiger partial charge in [-0.05, 0) is 24.6 Å². The van der Waals surface area contributed by atoms with Gasteiger partial charge in [0.1, 0.15) is 5.82 Å². The van der Waals surface area contributed by atoms with Crippen LogP contribution in [-0.4, -0.2) is 17.1 Å². The van der Waals surface area contributed by atoms with Crippen LogP contribution in [0.25, 0.3) is 0 Å². The molecular formula is C12H16FNO2. The predicted molar refractivity (Wildman–Crippen MR) is 59.7 cm³/mol. The van der Waals surface area contributed by atoms with Crippen LogP contribution in [0.15, 0.2) is 24.3 Å². The van der Waals surface area contributed by atoms with Crippen LogP contribution in [0.2, 0.25) is 0 Å². The highest BCUT2D eigenvalue weighted by Crippen LogP contribution is 2.30. The topological polar surface area (TPSA) is 63.3 Å². The predicted octanol–water partition coefficient (Wildman–Crippen LogP) is 1.91. The summed E-state index contributed by atoms with van der Waals surface area (Å²) in [6.07, 6.45) is -0.117. The summed E-state index contributed by atoms with van der Waals surface area (Å²) in [4.78, 5) is 10.8. The first-order valence-electron chi connectivity index (χ1n) is 5.09. The lowest BCUT2D eigenvalue weighted by Gasteiger charge is -2.32. The SMILES string of the molecule is CC(N)C(C)(CC(=O)O)c1cccc(F)c1. The Bertz CT molecular complexity index is 392. The van der Waals surface area contributed by atoms with Gasteiger partial charge in [0.05, 0.1) is 6.42 Å². The standard InChI is InChI=1S/C12H16FNO2/c1-8(14)12(2,7-11(15)16)9-4-3-5-10(13)6-9/h3-6,8H,7,14H2,1-2H3,(H,15,16). The molecule has 0 bridgehead atoms. The first-order chi connectivity index (χ1) is 7.36. The Morgan fingerprint density at radius 2 is 2.25 bits per heavy atom. The van der Waals surface area contributed by atoms with Crippen LogP contribution in [0.4, 0.5) is 4.39 Å². The second-order valence-electron chi connectivity index (χ2n) is 4.29. The number of carbonyl (C=O) groups is 1. The molecule has 0 aliphatic heterocycles. The maximum Gasteiger partial charge on any atom is 0.304 e. The number of carboxylic acid groups (broad SMARTS) is 1. The van der Waals surface area contributed by atoms with Gasteiger partial charge in [0, 0.05) is 11.5 Å². The van der Waals surface area contributed by atoms with Gasteiger partial charge in [-0.1, -0.05) is 19.1 Å². The van der Waals surface area contributed by atoms with Crippen LogP contribution in [0.5, 0.6) is 0 Å². The Kier molecular flexibility index (Phi) is 3.65. The van der Waals surface area contributed by atoms with Crippen molar-refractivity contribution in [2.75, 3.05) is 0 Å². The number of benzene rings is 1. The Balaban J connectivity index is 3.16. The third-order valence-electron chi connectivity index (χ3n) is 3.01. The molecule has 1 aromatic carbocycles. The van der Waals surface area contributed by atoms with Crippen molar-refractivity contribution in [1.82, 2.24) is 0 Å². The highest BCUT2D eigenvalue weighted by Gasteiger charge is 2.33. The summed E-state index contributed by atoms with van der Waals surface area (Å²) < 4.78 is 13.1. The van der Waals surface area contributed by atoms with E-state index in [2.05, 4.69) is 0 Å². The van der Waals surface area contributed by atoms with Gasteiger partial charge in [-0.3, -0.25) is 4.79 Å². The van der Waals surface area contributed by atoms with Gasteiger partial charge in [-0.25, -0.2) is 4.39 Å². The maximum atomic E-state index is 13.1. The lowest BCUT2D eigenvalue weighted by atomic mass is 9.74. The van der Waals surface area contributed by atoms with Gasteiger partial charge in [0.25, 0.3) is 0 Å². The van der Waals surface area contributed by atoms with Crippen molar-refractivity contribution in [3.8, 4) is 0 Å². The summed E-state index contributed by atoms with van der Waals surface area (Å²) in [6, 6.07) is 5.56. The molecule has 4 heteroatoms. The highest BCUT2D eigenvalue weighted by atomic mass is 19.1. The maximum absolute atomic E-state index is 13.1. The van der Waals surface area contributed by atoms with Gasteiger partial charge in [-0.15, -0.1) is 0 Å². The van der Waals surface area contributed by atoms with Crippen molar-refractivity contribution >= 4 is 5.97 Å². The van der Waals surface area contributed by atoms with Crippen molar-refractivity contribution in [3.05, 3.63) is 35.6 Å². The summed E-state index contributed by atoms with van der Waals surface area (Å²) in [5, 5.41) is 8.88. The van der Waals surface area contributed by atoms with Crippen molar-refractivity contribution in [2.45, 2.75) is 31.7 Å². The van der Waals surface area contributed by atoms with E-state index in [9.17, 15) is 9.18 Å². The Labute approximate surface area is 94.1 Å². The van der Waals surface area contributed by atoms with Gasteiger partial charge >= 0.3 is 5.97 Å². The number of hydrogen-bond donors (Lipinski definition) is 2. The molecule has 0 spiro atoms. The molecule has 1 rings (SSSR count). The number of rotatable bonds is 4. The number of nitrogens with two attached hydrogens (primary N) is 1. The first kappa shape index (κ1) is 12.6. The second kappa shape index (κ2) is 4.61. The van der Waals surface area contributed by atoms with E-state index in [1.165, 1.54) is 12.1 Å². The molecule has 16 heavy (non-hydrogen) atoms. The van der Waals surface area contributed by atoms with Gasteiger partial charge in [0.15, 0.2) is 0 Å². The summed E-state index contributed by atoms with van der Waals surface area (Å²) in [5.41, 5.74) is 5.68. The fourth-order valence-corrected chi connectivity index (χ4v) is 1.68. The zero-order chi connectivity index (χ0) is 12.3. The van der Waals surface area contributed by atoms with E-state index < -0.39 is 11.4 Å². The average Bonchev–Trinajstić information content (AvgIpc) is 2.16. The summed E-state index contributed by atoms with van der Waals surface area (Å²) in [6.45, 7) is 3.47. The smallest absolute Gasteiger partial charge is 0.304 e. The zero-order valence-electron chi connectivity index (χ0n) is 9.40. The molecule has 0 saturated carbocycles. The number of aliphatic carboxylic acids is 1. The van der Waals surface area contributed by atoms with E-state index in [0.29, 0.717) is 5.56 Å². The lowest BCUT2D eigenvalue weighted by Crippen LogP contribution is -2.42. The quantitative estimate of drug-likeness (QED) is 0.822. The van der Waals surface area contributed by atoms with E-state index in [0.717, 1.165) is 0 Å². The van der Waals surface area contributed by atoms with Crippen molar-refractivity contribution in [3.63, 3.8) is 0 Å². The molecule has 0 heterocycles. The monoisotopic (exact) mass is 225 g/mol. The average molecular weight is 225 g/mol. The summed E-state index contributed by atoms with van der Waals surface area (Å²) >= 11 is 0. The van der Waals surface area contributed by atoms with Crippen LogP contribution in [0.3, 0.4) is 0 Å². The minimum Gasteiger partial charge on any atom is -0.481 e. The van der Waals surface area contributed by atoms with E-state index in [1.807, 2.05) is 0 Å². The minimum atomic E-state index is -0.941. The second-order valence-corrected chi connectivity index (χ2v) is 4.29. The molecule has 3 N–H and O–H groups in total. The molecule has 3 nitrogen and oxygen atoms in total. The summed E-state index contributed by atoms with van der Waals surface area (Å²) in [5.74, 6) is -1.32. The molecule has 0 amide bonds. The molecule has 0 aliphatic carbocycles. The molecule has 2 atom stereocenters. The van der Waals surface area contributed by atoms with Gasteiger partial charge in [-0.2, -0.15) is 0 Å². The molecule has 1 aromatic rings. The van der Waals surface area contributed by atoms with Crippen LogP contribution in [-0.2, 0) is 10.2 Å². The van der Waals surface area contributed by atoms with Crippen molar-refractivity contribution in [1.29, 1.82) is 0 Å². The fourth-order valence-electron chi connectivity index (χ4n) is 1.68. The molecule has 0 saturated heterocycles. The normalized spacial score (nSPS) is 16.5. The van der Waals surface area contributed by atoms with Gasteiger partial charge < -0.3 is 10.8 Å². The van der Waals surface area contributed by atoms with E-state index in [4.69, 9.17) is 10.8 Å². The van der Waals surface area contributed by atoms with E-state index in [1.54, 1.807) is 26.0 Å². The molecule has 0 radical (unpaired) electrons. The third-order valence-corrected chi connectivity index (χ3v) is 3.01. The Morgan fingerprint density at radius 1 is 1.62 bits per heavy atom. The van der Waals surface area contributed by atoms with Crippen LogP contribution in [0.1, 0.15) is 25.8 Å². The Morgan fingerprint density at radius 3 is 2.69 bits per heavy atom. The van der Waals surface area contributed by atoms with E-state index >= 15 is 0 Å². The number of halogens is 1. The van der Waals surface area contributed by atoms with Gasteiger partial charge in [0.2, 0.25) is 0 Å². The molecule has 0 aliphatic rings. The Hall–Kier alpha value is -1.42. The fraction of sp³-hybridized carbons (Fsp3) is 0.417. The van der Waals surface area contributed by atoms with Crippen molar-refractivity contribution in [2.24, 2.45) is 5.73 Å². The largest absolute Gasteiger partial charge is 0.481 e. The molecule has 2 unspecified atom stereocenters. The van der Waals surface area contributed by atoms with E-state index in [-0.39, 0.29) is 18.3 Å². The highest BCUT2D eigenvalue weighted by molar-refractivity contribution is 5.69. The number of hydrogen-bond acceptors (Lipinski definition) is 2. The first-order valence-corrected chi connectivity index (χ1v) is 5.09. The molecule has 0 fully saturated rings. The van der Waals surface area contributed by atoms with Crippen LogP contribution in [0, 0.1) is 5.82 Å². The molecule has 88 valence electrons.